The van der Waals surface area contributed by atoms with Crippen LogP contribution >= 0.6 is 15.9 Å². The summed E-state index contributed by atoms with van der Waals surface area (Å²) in [4.78, 5) is 26.8. The van der Waals surface area contributed by atoms with Gasteiger partial charge in [0.25, 0.3) is 0 Å². The summed E-state index contributed by atoms with van der Waals surface area (Å²) >= 11 is 3.41. The van der Waals surface area contributed by atoms with E-state index in [4.69, 9.17) is 0 Å². The Labute approximate surface area is 111 Å². The number of hydrogen-bond donors (Lipinski definition) is 0. The molecule has 0 bridgehead atoms. The normalized spacial score (nSPS) is 18.8. The van der Waals surface area contributed by atoms with Crippen LogP contribution < -0.4 is 0 Å². The molecule has 0 radical (unpaired) electrons. The van der Waals surface area contributed by atoms with Crippen molar-refractivity contribution in [3.05, 3.63) is 0 Å². The number of carbonyl (C=O) groups excluding carboxylic acids is 2. The molecule has 1 atom stereocenters. The predicted molar refractivity (Wildman–Crippen MR) is 71.0 cm³/mol. The van der Waals surface area contributed by atoms with Gasteiger partial charge < -0.3 is 9.80 Å². The number of hydrogen-bond acceptors (Lipinski definition) is 2. The Balaban J connectivity index is 2.39. The molecule has 0 aliphatic carbocycles. The van der Waals surface area contributed by atoms with Crippen LogP contribution in [0.4, 0.5) is 0 Å². The Bertz CT molecular complexity index is 284. The second-order valence-electron chi connectivity index (χ2n) is 4.59. The second kappa shape index (κ2) is 6.99. The molecule has 4 nitrogen and oxygen atoms in total. The number of alkyl halides is 1. The molecule has 98 valence electrons. The van der Waals surface area contributed by atoms with E-state index >= 15 is 0 Å². The van der Waals surface area contributed by atoms with E-state index in [0.717, 1.165) is 18.2 Å². The summed E-state index contributed by atoms with van der Waals surface area (Å²) < 4.78 is 0. The summed E-state index contributed by atoms with van der Waals surface area (Å²) in [6.45, 7) is 5.92. The van der Waals surface area contributed by atoms with Gasteiger partial charge in [-0.05, 0) is 25.7 Å². The fourth-order valence-electron chi connectivity index (χ4n) is 1.90. The third kappa shape index (κ3) is 4.30. The van der Waals surface area contributed by atoms with Crippen LogP contribution in [-0.4, -0.2) is 53.1 Å². The van der Waals surface area contributed by atoms with Crippen molar-refractivity contribution < 1.29 is 9.59 Å². The van der Waals surface area contributed by atoms with Crippen molar-refractivity contribution in [2.45, 2.75) is 26.7 Å². The van der Waals surface area contributed by atoms with Crippen molar-refractivity contribution in [1.82, 2.24) is 9.80 Å². The lowest BCUT2D eigenvalue weighted by Crippen LogP contribution is -2.53. The fourth-order valence-corrected chi connectivity index (χ4v) is 2.68. The van der Waals surface area contributed by atoms with E-state index in [9.17, 15) is 9.59 Å². The van der Waals surface area contributed by atoms with Crippen LogP contribution in [0.2, 0.25) is 0 Å². The Morgan fingerprint density at radius 2 is 1.76 bits per heavy atom. The molecular weight excluding hydrogens is 284 g/mol. The molecule has 17 heavy (non-hydrogen) atoms. The first kappa shape index (κ1) is 14.5. The van der Waals surface area contributed by atoms with Gasteiger partial charge in [0.15, 0.2) is 0 Å². The highest BCUT2D eigenvalue weighted by molar-refractivity contribution is 9.09. The molecule has 5 heteroatoms. The molecule has 0 spiro atoms. The molecule has 2 amide bonds. The van der Waals surface area contributed by atoms with Gasteiger partial charge >= 0.3 is 0 Å². The second-order valence-corrected chi connectivity index (χ2v) is 5.39. The summed E-state index contributed by atoms with van der Waals surface area (Å²) in [5.74, 6) is 0.735. The summed E-state index contributed by atoms with van der Waals surface area (Å²) in [5.41, 5.74) is 0. The number of piperazine rings is 1. The first-order valence-electron chi connectivity index (χ1n) is 6.20. The minimum Gasteiger partial charge on any atom is -0.332 e. The third-order valence-corrected chi connectivity index (χ3v) is 3.69. The maximum atomic E-state index is 11.8. The average molecular weight is 305 g/mol. The summed E-state index contributed by atoms with van der Waals surface area (Å²) in [5, 5.41) is 0.991. The number of rotatable bonds is 6. The van der Waals surface area contributed by atoms with Gasteiger partial charge in [-0.25, -0.2) is 0 Å². The van der Waals surface area contributed by atoms with E-state index in [1.807, 2.05) is 6.92 Å². The molecule has 0 aromatic carbocycles. The summed E-state index contributed by atoms with van der Waals surface area (Å²) in [6.07, 6.45) is 2.08. The highest BCUT2D eigenvalue weighted by atomic mass is 79.9. The molecular formula is C12H21BrN2O2. The van der Waals surface area contributed by atoms with Crippen molar-refractivity contribution >= 4 is 27.7 Å². The van der Waals surface area contributed by atoms with Crippen molar-refractivity contribution in [2.24, 2.45) is 5.92 Å². The highest BCUT2D eigenvalue weighted by Crippen LogP contribution is 2.12. The van der Waals surface area contributed by atoms with Crippen LogP contribution in [0, 0.1) is 5.92 Å². The van der Waals surface area contributed by atoms with Crippen LogP contribution in [0.1, 0.15) is 26.7 Å². The highest BCUT2D eigenvalue weighted by Gasteiger charge is 2.28. The molecule has 1 fully saturated rings. The van der Waals surface area contributed by atoms with Gasteiger partial charge in [-0.3, -0.25) is 9.59 Å². The first-order chi connectivity index (χ1) is 8.08. The SMILES string of the molecule is CCN1CC(=O)N(CCC(C)CCBr)CC1=O. The van der Waals surface area contributed by atoms with Crippen molar-refractivity contribution in [3.8, 4) is 0 Å². The maximum Gasteiger partial charge on any atom is 0.242 e. The van der Waals surface area contributed by atoms with Crippen LogP contribution in [0.5, 0.6) is 0 Å². The molecule has 1 aliphatic rings. The third-order valence-electron chi connectivity index (χ3n) is 3.23. The number of nitrogens with zero attached hydrogens (tertiary/aromatic N) is 2. The van der Waals surface area contributed by atoms with Crippen LogP contribution in [-0.2, 0) is 9.59 Å². The molecule has 0 N–H and O–H groups in total. The molecule has 1 aliphatic heterocycles. The predicted octanol–water partition coefficient (Wildman–Crippen LogP) is 1.49. The van der Waals surface area contributed by atoms with Crippen LogP contribution in [0.15, 0.2) is 0 Å². The zero-order valence-electron chi connectivity index (χ0n) is 10.6. The smallest absolute Gasteiger partial charge is 0.242 e. The number of amides is 2. The van der Waals surface area contributed by atoms with Crippen LogP contribution in [0.25, 0.3) is 0 Å². The van der Waals surface area contributed by atoms with Gasteiger partial charge in [0, 0.05) is 18.4 Å². The standard InChI is InChI=1S/C12H21BrN2O2/c1-3-14-8-12(17)15(9-11(14)16)7-5-10(2)4-6-13/h10H,3-9H2,1-2H3. The Morgan fingerprint density at radius 1 is 1.18 bits per heavy atom. The first-order valence-corrected chi connectivity index (χ1v) is 7.32. The van der Waals surface area contributed by atoms with Gasteiger partial charge in [-0.2, -0.15) is 0 Å². The minimum atomic E-state index is 0.0697. The summed E-state index contributed by atoms with van der Waals surface area (Å²) in [6, 6.07) is 0. The average Bonchev–Trinajstić information content (AvgIpc) is 2.30. The Kier molecular flexibility index (Phi) is 5.95. The Morgan fingerprint density at radius 3 is 2.35 bits per heavy atom. The van der Waals surface area contributed by atoms with Gasteiger partial charge in [0.1, 0.15) is 0 Å². The lowest BCUT2D eigenvalue weighted by Gasteiger charge is -2.33. The maximum absolute atomic E-state index is 11.8. The molecule has 0 aromatic heterocycles. The van der Waals surface area contributed by atoms with Crippen molar-refractivity contribution in [1.29, 1.82) is 0 Å². The molecule has 0 aromatic rings. The van der Waals surface area contributed by atoms with E-state index in [1.54, 1.807) is 9.80 Å². The fraction of sp³-hybridized carbons (Fsp3) is 0.833. The van der Waals surface area contributed by atoms with Gasteiger partial charge in [0.05, 0.1) is 13.1 Å². The van der Waals surface area contributed by atoms with E-state index < -0.39 is 0 Å². The van der Waals surface area contributed by atoms with Crippen molar-refractivity contribution in [2.75, 3.05) is 31.5 Å². The zero-order valence-corrected chi connectivity index (χ0v) is 12.2. The quantitative estimate of drug-likeness (QED) is 0.698. The topological polar surface area (TPSA) is 40.6 Å². The zero-order chi connectivity index (χ0) is 12.8. The largest absolute Gasteiger partial charge is 0.332 e. The molecule has 1 saturated heterocycles. The monoisotopic (exact) mass is 304 g/mol. The van der Waals surface area contributed by atoms with Crippen molar-refractivity contribution in [3.63, 3.8) is 0 Å². The van der Waals surface area contributed by atoms with Crippen LogP contribution in [0.3, 0.4) is 0 Å². The van der Waals surface area contributed by atoms with Gasteiger partial charge in [0.2, 0.25) is 11.8 Å². The minimum absolute atomic E-state index is 0.0697. The van der Waals surface area contributed by atoms with E-state index in [1.165, 1.54) is 0 Å². The van der Waals surface area contributed by atoms with E-state index in [-0.39, 0.29) is 24.9 Å². The Hall–Kier alpha value is -0.580. The number of carbonyl (C=O) groups is 2. The molecule has 0 saturated carbocycles. The molecule has 1 heterocycles. The lowest BCUT2D eigenvalue weighted by atomic mass is 10.0. The van der Waals surface area contributed by atoms with Gasteiger partial charge in [-0.15, -0.1) is 0 Å². The molecule has 1 rings (SSSR count). The molecule has 1 unspecified atom stereocenters. The van der Waals surface area contributed by atoms with Gasteiger partial charge in [-0.1, -0.05) is 22.9 Å². The van der Waals surface area contributed by atoms with E-state index in [2.05, 4.69) is 22.9 Å². The lowest BCUT2D eigenvalue weighted by molar-refractivity contribution is -0.150. The number of likely N-dealkylation sites (N-methyl/N-ethyl adjacent to an activating group) is 1. The summed E-state index contributed by atoms with van der Waals surface area (Å²) in [7, 11) is 0. The number of halogens is 1. The van der Waals surface area contributed by atoms with E-state index in [0.29, 0.717) is 19.0 Å².